The van der Waals surface area contributed by atoms with Crippen molar-refractivity contribution < 1.29 is 14.3 Å². The van der Waals surface area contributed by atoms with Crippen LogP contribution in [0.4, 0.5) is 0 Å². The number of nitrogens with two attached hydrogens (primary N) is 1. The number of carbonyl (C=O) groups excluding carboxylic acids is 2. The smallest absolute Gasteiger partial charge is 0.309 e. The van der Waals surface area contributed by atoms with Gasteiger partial charge in [0, 0.05) is 6.42 Å². The number of hydrogen-bond donors (Lipinski definition) is 1. The molecule has 0 aliphatic carbocycles. The summed E-state index contributed by atoms with van der Waals surface area (Å²) in [5.74, 6) is -0.939. The fraction of sp³-hybridized carbons (Fsp3) is 0.385. The molecular formula is C13H17NO3. The highest BCUT2D eigenvalue weighted by atomic mass is 16.5. The molecule has 92 valence electrons. The Morgan fingerprint density at radius 2 is 1.94 bits per heavy atom. The zero-order valence-electron chi connectivity index (χ0n) is 9.89. The summed E-state index contributed by atoms with van der Waals surface area (Å²) in [7, 11) is 1.33. The Bertz CT molecular complexity index is 376. The molecule has 4 heteroatoms. The maximum absolute atomic E-state index is 11.6. The number of ether oxygens (including phenoxy) is 1. The Kier molecular flexibility index (Phi) is 5.36. The summed E-state index contributed by atoms with van der Waals surface area (Å²) >= 11 is 0. The third-order valence-electron chi connectivity index (χ3n) is 2.56. The molecule has 1 aromatic carbocycles. The van der Waals surface area contributed by atoms with Crippen molar-refractivity contribution in [2.24, 2.45) is 11.7 Å². The number of benzene rings is 1. The van der Waals surface area contributed by atoms with E-state index in [-0.39, 0.29) is 24.7 Å². The van der Waals surface area contributed by atoms with Crippen molar-refractivity contribution in [3.8, 4) is 0 Å². The summed E-state index contributed by atoms with van der Waals surface area (Å²) in [5.41, 5.74) is 6.26. The van der Waals surface area contributed by atoms with Gasteiger partial charge in [0.25, 0.3) is 0 Å². The SMILES string of the molecule is COC(=O)[C@@H](CC(=O)CN)Cc1ccccc1. The van der Waals surface area contributed by atoms with Crippen molar-refractivity contribution in [1.82, 2.24) is 0 Å². The third-order valence-corrected chi connectivity index (χ3v) is 2.56. The number of Topliss-reactive ketones (excluding diaryl/α,β-unsaturated/α-hetero) is 1. The van der Waals surface area contributed by atoms with E-state index in [4.69, 9.17) is 10.5 Å². The average Bonchev–Trinajstić information content (AvgIpc) is 2.38. The fourth-order valence-electron chi connectivity index (χ4n) is 1.66. The minimum absolute atomic E-state index is 0.0394. The van der Waals surface area contributed by atoms with Crippen LogP contribution in [0.15, 0.2) is 30.3 Å². The van der Waals surface area contributed by atoms with Gasteiger partial charge in [-0.2, -0.15) is 0 Å². The van der Waals surface area contributed by atoms with Gasteiger partial charge in [0.1, 0.15) is 5.78 Å². The number of ketones is 1. The first-order valence-electron chi connectivity index (χ1n) is 5.51. The molecule has 0 amide bonds. The highest BCUT2D eigenvalue weighted by Crippen LogP contribution is 2.14. The molecule has 0 bridgehead atoms. The van der Waals surface area contributed by atoms with Crippen molar-refractivity contribution in [2.45, 2.75) is 12.8 Å². The molecule has 4 nitrogen and oxygen atoms in total. The Balaban J connectivity index is 2.70. The van der Waals surface area contributed by atoms with Crippen LogP contribution in [-0.2, 0) is 20.7 Å². The highest BCUT2D eigenvalue weighted by molar-refractivity contribution is 5.85. The zero-order chi connectivity index (χ0) is 12.7. The Labute approximate surface area is 101 Å². The van der Waals surface area contributed by atoms with E-state index in [9.17, 15) is 9.59 Å². The number of methoxy groups -OCH3 is 1. The van der Waals surface area contributed by atoms with Gasteiger partial charge in [-0.05, 0) is 12.0 Å². The summed E-state index contributed by atoms with van der Waals surface area (Å²) in [6.07, 6.45) is 0.636. The van der Waals surface area contributed by atoms with Crippen LogP contribution in [-0.4, -0.2) is 25.4 Å². The van der Waals surface area contributed by atoms with Gasteiger partial charge in [-0.3, -0.25) is 9.59 Å². The normalized spacial score (nSPS) is 11.9. The predicted molar refractivity (Wildman–Crippen MR) is 64.3 cm³/mol. The van der Waals surface area contributed by atoms with Crippen LogP contribution in [0.1, 0.15) is 12.0 Å². The second kappa shape index (κ2) is 6.81. The average molecular weight is 235 g/mol. The second-order valence-electron chi connectivity index (χ2n) is 3.86. The summed E-state index contributed by atoms with van der Waals surface area (Å²) in [6.45, 7) is -0.0394. The van der Waals surface area contributed by atoms with E-state index in [1.807, 2.05) is 30.3 Å². The van der Waals surface area contributed by atoms with Crippen LogP contribution in [0.2, 0.25) is 0 Å². The molecule has 0 aliphatic heterocycles. The third kappa shape index (κ3) is 4.36. The Hall–Kier alpha value is -1.68. The van der Waals surface area contributed by atoms with E-state index in [2.05, 4.69) is 0 Å². The van der Waals surface area contributed by atoms with Crippen LogP contribution >= 0.6 is 0 Å². The lowest BCUT2D eigenvalue weighted by atomic mass is 9.94. The van der Waals surface area contributed by atoms with Crippen LogP contribution < -0.4 is 5.73 Å². The lowest BCUT2D eigenvalue weighted by molar-refractivity contribution is -0.147. The topological polar surface area (TPSA) is 69.4 Å². The van der Waals surface area contributed by atoms with E-state index in [1.54, 1.807) is 0 Å². The van der Waals surface area contributed by atoms with Crippen LogP contribution in [0.25, 0.3) is 0 Å². The van der Waals surface area contributed by atoms with E-state index in [1.165, 1.54) is 7.11 Å². The Morgan fingerprint density at radius 1 is 1.29 bits per heavy atom. The second-order valence-corrected chi connectivity index (χ2v) is 3.86. The minimum Gasteiger partial charge on any atom is -0.469 e. The lowest BCUT2D eigenvalue weighted by Crippen LogP contribution is -2.25. The van der Waals surface area contributed by atoms with Gasteiger partial charge in [0.05, 0.1) is 19.6 Å². The largest absolute Gasteiger partial charge is 0.469 e. The Morgan fingerprint density at radius 3 is 2.47 bits per heavy atom. The van der Waals surface area contributed by atoms with Crippen molar-refractivity contribution in [3.05, 3.63) is 35.9 Å². The fourth-order valence-corrected chi connectivity index (χ4v) is 1.66. The molecule has 0 unspecified atom stereocenters. The quantitative estimate of drug-likeness (QED) is 0.745. The van der Waals surface area contributed by atoms with Crippen LogP contribution in [0.3, 0.4) is 0 Å². The van der Waals surface area contributed by atoms with Crippen LogP contribution in [0, 0.1) is 5.92 Å². The summed E-state index contributed by atoms with van der Waals surface area (Å²) in [6, 6.07) is 9.54. The van der Waals surface area contributed by atoms with Crippen molar-refractivity contribution in [3.63, 3.8) is 0 Å². The van der Waals surface area contributed by atoms with E-state index in [0.29, 0.717) is 6.42 Å². The van der Waals surface area contributed by atoms with Gasteiger partial charge < -0.3 is 10.5 Å². The predicted octanol–water partition coefficient (Wildman–Crippen LogP) is 0.936. The number of hydrogen-bond acceptors (Lipinski definition) is 4. The molecule has 1 aromatic rings. The van der Waals surface area contributed by atoms with Gasteiger partial charge in [0.15, 0.2) is 0 Å². The first-order valence-corrected chi connectivity index (χ1v) is 5.51. The molecule has 1 rings (SSSR count). The van der Waals surface area contributed by atoms with E-state index < -0.39 is 5.92 Å². The standard InChI is InChI=1S/C13H17NO3/c1-17-13(16)11(8-12(15)9-14)7-10-5-3-2-4-6-10/h2-6,11H,7-9,14H2,1H3/t11-/m1/s1. The molecule has 0 spiro atoms. The van der Waals surface area contributed by atoms with Crippen LogP contribution in [0.5, 0.6) is 0 Å². The maximum atomic E-state index is 11.6. The van der Waals surface area contributed by atoms with Gasteiger partial charge in [-0.1, -0.05) is 30.3 Å². The number of rotatable bonds is 6. The van der Waals surface area contributed by atoms with Crippen molar-refractivity contribution in [2.75, 3.05) is 13.7 Å². The lowest BCUT2D eigenvalue weighted by Gasteiger charge is -2.13. The monoisotopic (exact) mass is 235 g/mol. The van der Waals surface area contributed by atoms with Gasteiger partial charge in [-0.15, -0.1) is 0 Å². The van der Waals surface area contributed by atoms with Gasteiger partial charge in [-0.25, -0.2) is 0 Å². The summed E-state index contributed by atoms with van der Waals surface area (Å²) < 4.78 is 4.70. The molecule has 1 atom stereocenters. The number of esters is 1. The van der Waals surface area contributed by atoms with Crippen molar-refractivity contribution >= 4 is 11.8 Å². The van der Waals surface area contributed by atoms with E-state index >= 15 is 0 Å². The number of carbonyl (C=O) groups is 2. The summed E-state index contributed by atoms with van der Waals surface area (Å²) in [4.78, 5) is 22.9. The first-order chi connectivity index (χ1) is 8.17. The molecule has 0 heterocycles. The van der Waals surface area contributed by atoms with Gasteiger partial charge in [0.2, 0.25) is 0 Å². The first kappa shape index (κ1) is 13.4. The van der Waals surface area contributed by atoms with Gasteiger partial charge >= 0.3 is 5.97 Å². The minimum atomic E-state index is -0.446. The molecule has 0 aliphatic rings. The molecule has 0 radical (unpaired) electrons. The zero-order valence-corrected chi connectivity index (χ0v) is 9.89. The molecule has 0 saturated heterocycles. The molecule has 17 heavy (non-hydrogen) atoms. The summed E-state index contributed by atoms with van der Waals surface area (Å²) in [5, 5.41) is 0. The van der Waals surface area contributed by atoms with Crippen molar-refractivity contribution in [1.29, 1.82) is 0 Å². The molecule has 0 fully saturated rings. The molecule has 2 N–H and O–H groups in total. The highest BCUT2D eigenvalue weighted by Gasteiger charge is 2.22. The maximum Gasteiger partial charge on any atom is 0.309 e. The molecule has 0 saturated carbocycles. The molecular weight excluding hydrogens is 218 g/mol. The van der Waals surface area contributed by atoms with E-state index in [0.717, 1.165) is 5.56 Å². The molecule has 0 aromatic heterocycles.